The largest absolute Gasteiger partial charge is 0.399 e. The summed E-state index contributed by atoms with van der Waals surface area (Å²) in [7, 11) is -2.85. The van der Waals surface area contributed by atoms with Gasteiger partial charge in [-0.15, -0.1) is 0 Å². The van der Waals surface area contributed by atoms with Crippen molar-refractivity contribution in [3.63, 3.8) is 0 Å². The molecule has 0 amide bonds. The maximum atomic E-state index is 11.6. The van der Waals surface area contributed by atoms with E-state index in [0.29, 0.717) is 12.2 Å². The first-order valence-corrected chi connectivity index (χ1v) is 8.94. The topological polar surface area (TPSA) is 92.1 Å². The number of benzene rings is 1. The average molecular weight is 308 g/mol. The molecular weight excluding hydrogens is 288 g/mol. The predicted molar refractivity (Wildman–Crippen MR) is 83.9 cm³/mol. The van der Waals surface area contributed by atoms with Crippen molar-refractivity contribution in [3.8, 4) is 0 Å². The number of imidazole rings is 1. The Labute approximate surface area is 124 Å². The van der Waals surface area contributed by atoms with Crippen LogP contribution in [0.1, 0.15) is 12.7 Å². The van der Waals surface area contributed by atoms with Crippen LogP contribution in [-0.4, -0.2) is 53.9 Å². The van der Waals surface area contributed by atoms with Gasteiger partial charge in [-0.2, -0.15) is 0 Å². The van der Waals surface area contributed by atoms with Crippen molar-refractivity contribution in [3.05, 3.63) is 24.0 Å². The molecule has 1 fully saturated rings. The van der Waals surface area contributed by atoms with Crippen LogP contribution in [0, 0.1) is 0 Å². The van der Waals surface area contributed by atoms with E-state index in [1.807, 2.05) is 25.1 Å². The van der Waals surface area contributed by atoms with E-state index in [1.54, 1.807) is 0 Å². The molecule has 0 aliphatic carbocycles. The molecule has 1 aromatic carbocycles. The predicted octanol–water partition coefficient (Wildman–Crippen LogP) is 0.806. The van der Waals surface area contributed by atoms with E-state index in [9.17, 15) is 8.42 Å². The second-order valence-corrected chi connectivity index (χ2v) is 7.94. The fourth-order valence-electron chi connectivity index (χ4n) is 2.81. The molecule has 1 aromatic heterocycles. The standard InChI is InChI=1S/C14H20N4O2S/c1-10-9-21(19,20)7-6-18(10)5-4-14-16-12-3-2-11(15)8-13(12)17-14/h2-3,8,10H,4-7,9,15H2,1H3,(H,16,17). The zero-order valence-electron chi connectivity index (χ0n) is 12.0. The molecule has 1 aliphatic heterocycles. The maximum Gasteiger partial charge on any atom is 0.153 e. The van der Waals surface area contributed by atoms with Gasteiger partial charge in [0, 0.05) is 31.2 Å². The lowest BCUT2D eigenvalue weighted by Gasteiger charge is -2.32. The third kappa shape index (κ3) is 3.19. The Morgan fingerprint density at radius 1 is 1.48 bits per heavy atom. The van der Waals surface area contributed by atoms with Crippen molar-refractivity contribution in [1.82, 2.24) is 14.9 Å². The molecule has 7 heteroatoms. The van der Waals surface area contributed by atoms with Gasteiger partial charge in [-0.3, -0.25) is 4.90 Å². The molecule has 2 aromatic rings. The second kappa shape index (κ2) is 5.31. The lowest BCUT2D eigenvalue weighted by Crippen LogP contribution is -2.47. The van der Waals surface area contributed by atoms with Crippen molar-refractivity contribution in [2.45, 2.75) is 19.4 Å². The number of nitrogens with one attached hydrogen (secondary N) is 1. The molecule has 2 heterocycles. The molecule has 0 saturated carbocycles. The number of nitrogens with zero attached hydrogens (tertiary/aromatic N) is 2. The highest BCUT2D eigenvalue weighted by atomic mass is 32.2. The van der Waals surface area contributed by atoms with Gasteiger partial charge in [0.15, 0.2) is 9.84 Å². The van der Waals surface area contributed by atoms with E-state index >= 15 is 0 Å². The van der Waals surface area contributed by atoms with Gasteiger partial charge < -0.3 is 10.7 Å². The molecule has 0 bridgehead atoms. The Morgan fingerprint density at radius 2 is 2.29 bits per heavy atom. The zero-order chi connectivity index (χ0) is 15.0. The van der Waals surface area contributed by atoms with Crippen LogP contribution in [0.2, 0.25) is 0 Å². The Hall–Kier alpha value is -1.60. The van der Waals surface area contributed by atoms with Crippen LogP contribution in [-0.2, 0) is 16.3 Å². The minimum atomic E-state index is -2.85. The number of anilines is 1. The molecule has 0 radical (unpaired) electrons. The van der Waals surface area contributed by atoms with E-state index < -0.39 is 9.84 Å². The van der Waals surface area contributed by atoms with Gasteiger partial charge in [-0.05, 0) is 25.1 Å². The van der Waals surface area contributed by atoms with E-state index in [0.717, 1.165) is 29.8 Å². The summed E-state index contributed by atoms with van der Waals surface area (Å²) in [5.41, 5.74) is 8.32. The number of rotatable bonds is 3. The Balaban J connectivity index is 1.66. The van der Waals surface area contributed by atoms with Crippen molar-refractivity contribution in [2.75, 3.05) is 30.3 Å². The van der Waals surface area contributed by atoms with Crippen LogP contribution in [0.3, 0.4) is 0 Å². The van der Waals surface area contributed by atoms with E-state index in [2.05, 4.69) is 14.9 Å². The summed E-state index contributed by atoms with van der Waals surface area (Å²) < 4.78 is 23.1. The van der Waals surface area contributed by atoms with Gasteiger partial charge in [0.25, 0.3) is 0 Å². The Morgan fingerprint density at radius 3 is 3.05 bits per heavy atom. The molecule has 114 valence electrons. The van der Waals surface area contributed by atoms with Crippen molar-refractivity contribution >= 4 is 26.6 Å². The van der Waals surface area contributed by atoms with Crippen LogP contribution < -0.4 is 5.73 Å². The number of nitrogens with two attached hydrogens (primary N) is 1. The van der Waals surface area contributed by atoms with E-state index in [4.69, 9.17) is 5.73 Å². The van der Waals surface area contributed by atoms with Gasteiger partial charge in [0.2, 0.25) is 0 Å². The molecule has 1 unspecified atom stereocenters. The van der Waals surface area contributed by atoms with Crippen LogP contribution in [0.15, 0.2) is 18.2 Å². The number of hydrogen-bond acceptors (Lipinski definition) is 5. The Kier molecular flexibility index (Phi) is 3.62. The summed E-state index contributed by atoms with van der Waals surface area (Å²) in [6.07, 6.45) is 0.777. The average Bonchev–Trinajstić information content (AvgIpc) is 2.78. The van der Waals surface area contributed by atoms with Crippen LogP contribution in [0.4, 0.5) is 5.69 Å². The smallest absolute Gasteiger partial charge is 0.153 e. The quantitative estimate of drug-likeness (QED) is 0.819. The van der Waals surface area contributed by atoms with Gasteiger partial charge in [-0.1, -0.05) is 0 Å². The third-order valence-corrected chi connectivity index (χ3v) is 5.79. The highest BCUT2D eigenvalue weighted by molar-refractivity contribution is 7.91. The Bertz CT molecular complexity index is 753. The lowest BCUT2D eigenvalue weighted by molar-refractivity contribution is 0.228. The number of aromatic nitrogens is 2. The normalized spacial score (nSPS) is 22.6. The fourth-order valence-corrected chi connectivity index (χ4v) is 4.44. The summed E-state index contributed by atoms with van der Waals surface area (Å²) >= 11 is 0. The van der Waals surface area contributed by atoms with Crippen LogP contribution in [0.5, 0.6) is 0 Å². The number of aromatic amines is 1. The van der Waals surface area contributed by atoms with Gasteiger partial charge >= 0.3 is 0 Å². The number of sulfone groups is 1. The van der Waals surface area contributed by atoms with Gasteiger partial charge in [0.05, 0.1) is 22.5 Å². The summed E-state index contributed by atoms with van der Waals surface area (Å²) in [5.74, 6) is 1.42. The first kappa shape index (κ1) is 14.3. The fraction of sp³-hybridized carbons (Fsp3) is 0.500. The monoisotopic (exact) mass is 308 g/mol. The second-order valence-electron chi connectivity index (χ2n) is 5.71. The minimum Gasteiger partial charge on any atom is -0.399 e. The van der Waals surface area contributed by atoms with Gasteiger partial charge in [0.1, 0.15) is 5.82 Å². The summed E-state index contributed by atoms with van der Waals surface area (Å²) in [6.45, 7) is 3.39. The van der Waals surface area contributed by atoms with Crippen molar-refractivity contribution in [2.24, 2.45) is 0 Å². The molecular formula is C14H20N4O2S. The molecule has 1 saturated heterocycles. The maximum absolute atomic E-state index is 11.6. The summed E-state index contributed by atoms with van der Waals surface area (Å²) in [4.78, 5) is 10.0. The molecule has 21 heavy (non-hydrogen) atoms. The zero-order valence-corrected chi connectivity index (χ0v) is 12.9. The molecule has 1 atom stereocenters. The highest BCUT2D eigenvalue weighted by Gasteiger charge is 2.27. The van der Waals surface area contributed by atoms with E-state index in [1.165, 1.54) is 0 Å². The van der Waals surface area contributed by atoms with Crippen molar-refractivity contribution in [1.29, 1.82) is 0 Å². The summed E-state index contributed by atoms with van der Waals surface area (Å²) in [5, 5.41) is 0. The molecule has 1 aliphatic rings. The third-order valence-electron chi connectivity index (χ3n) is 4.00. The minimum absolute atomic E-state index is 0.0729. The highest BCUT2D eigenvalue weighted by Crippen LogP contribution is 2.16. The first-order chi connectivity index (χ1) is 9.93. The van der Waals surface area contributed by atoms with Crippen LogP contribution >= 0.6 is 0 Å². The first-order valence-electron chi connectivity index (χ1n) is 7.11. The molecule has 3 rings (SSSR count). The summed E-state index contributed by atoms with van der Waals surface area (Å²) in [6, 6.07) is 5.69. The number of nitrogen functional groups attached to an aromatic ring is 1. The lowest BCUT2D eigenvalue weighted by atomic mass is 10.2. The molecule has 6 nitrogen and oxygen atoms in total. The number of fused-ring (bicyclic) bond motifs is 1. The number of hydrogen-bond donors (Lipinski definition) is 2. The van der Waals surface area contributed by atoms with Gasteiger partial charge in [-0.25, -0.2) is 13.4 Å². The number of H-pyrrole nitrogens is 1. The molecule has 3 N–H and O–H groups in total. The molecule has 0 spiro atoms. The van der Waals surface area contributed by atoms with Crippen LogP contribution in [0.25, 0.3) is 11.0 Å². The SMILES string of the molecule is CC1CS(=O)(=O)CCN1CCc1nc2ccc(N)cc2[nH]1. The van der Waals surface area contributed by atoms with E-state index in [-0.39, 0.29) is 17.5 Å². The van der Waals surface area contributed by atoms with Crippen molar-refractivity contribution < 1.29 is 8.42 Å².